The van der Waals surface area contributed by atoms with Gasteiger partial charge in [0.15, 0.2) is 5.78 Å². The molecule has 27 heavy (non-hydrogen) atoms. The zero-order valence-corrected chi connectivity index (χ0v) is 15.7. The lowest BCUT2D eigenvalue weighted by atomic mass is 10.00. The quantitative estimate of drug-likeness (QED) is 0.621. The first-order valence-corrected chi connectivity index (χ1v) is 9.89. The fraction of sp³-hybridized carbons (Fsp3) is 0.278. The molecule has 0 radical (unpaired) electrons. The number of aryl methyl sites for hydroxylation is 1. The second kappa shape index (κ2) is 6.99. The second-order valence-electron chi connectivity index (χ2n) is 6.21. The number of nitro benzene ring substituents is 1. The topological polar surface area (TPSA) is 110 Å². The van der Waals surface area contributed by atoms with E-state index in [1.165, 1.54) is 24.3 Å². The lowest BCUT2D eigenvalue weighted by Gasteiger charge is -2.30. The number of sulfonamides is 1. The van der Waals surface area contributed by atoms with E-state index in [2.05, 4.69) is 5.32 Å². The molecule has 8 nitrogen and oxygen atoms in total. The number of Topliss-reactive ketones (excluding diaryl/α,β-unsaturated/α-hetero) is 1. The first-order chi connectivity index (χ1) is 12.8. The van der Waals surface area contributed by atoms with Crippen molar-refractivity contribution in [2.45, 2.75) is 25.2 Å². The molecule has 1 N–H and O–H groups in total. The third kappa shape index (κ3) is 3.25. The van der Waals surface area contributed by atoms with Crippen LogP contribution in [0.4, 0.5) is 17.1 Å². The van der Waals surface area contributed by atoms with Gasteiger partial charge in [-0.25, -0.2) is 8.42 Å². The molecule has 2 aromatic rings. The van der Waals surface area contributed by atoms with Crippen LogP contribution in [0.15, 0.2) is 41.3 Å². The number of rotatable bonds is 5. The molecule has 3 rings (SSSR count). The molecule has 0 aromatic heterocycles. The average molecular weight is 389 g/mol. The summed E-state index contributed by atoms with van der Waals surface area (Å²) in [5.41, 5.74) is 0.544. The van der Waals surface area contributed by atoms with Gasteiger partial charge in [-0.2, -0.15) is 0 Å². The number of hydrogen-bond donors (Lipinski definition) is 1. The molecule has 142 valence electrons. The van der Waals surface area contributed by atoms with Crippen molar-refractivity contribution in [3.8, 4) is 0 Å². The number of nitrogens with zero attached hydrogens (tertiary/aromatic N) is 2. The summed E-state index contributed by atoms with van der Waals surface area (Å²) in [5.74, 6) is -0.313. The summed E-state index contributed by atoms with van der Waals surface area (Å²) >= 11 is 0. The molecule has 0 saturated carbocycles. The van der Waals surface area contributed by atoms with Gasteiger partial charge in [0.1, 0.15) is 11.4 Å². The molecule has 2 aromatic carbocycles. The van der Waals surface area contributed by atoms with E-state index < -0.39 is 20.6 Å². The van der Waals surface area contributed by atoms with Gasteiger partial charge in [-0.05, 0) is 38.1 Å². The molecule has 9 heteroatoms. The monoisotopic (exact) mass is 389 g/mol. The normalized spacial score (nSPS) is 14.0. The summed E-state index contributed by atoms with van der Waals surface area (Å²) in [6.45, 7) is 3.88. The molecule has 0 saturated heterocycles. The Kier molecular flexibility index (Phi) is 4.88. The van der Waals surface area contributed by atoms with Crippen molar-refractivity contribution in [3.05, 3.63) is 57.6 Å². The fourth-order valence-corrected chi connectivity index (χ4v) is 4.59. The highest BCUT2D eigenvalue weighted by Gasteiger charge is 2.39. The number of nitro groups is 1. The zero-order valence-electron chi connectivity index (χ0n) is 14.9. The minimum atomic E-state index is -4.05. The highest BCUT2D eigenvalue weighted by molar-refractivity contribution is 7.92. The van der Waals surface area contributed by atoms with Gasteiger partial charge in [0.2, 0.25) is 0 Å². The Morgan fingerprint density at radius 3 is 2.44 bits per heavy atom. The van der Waals surface area contributed by atoms with E-state index >= 15 is 0 Å². The van der Waals surface area contributed by atoms with E-state index in [9.17, 15) is 23.3 Å². The first kappa shape index (κ1) is 18.8. The van der Waals surface area contributed by atoms with Gasteiger partial charge in [0.25, 0.3) is 10.0 Å². The molecule has 1 aliphatic rings. The van der Waals surface area contributed by atoms with Crippen LogP contribution in [0.5, 0.6) is 0 Å². The Morgan fingerprint density at radius 1 is 1.19 bits per heavy atom. The SMILES string of the molecule is CCNc1ccc2c(c1[N+](=O)[O-])N(S(=O)(=O)c1ccc(C)cc1)CCC2=O. The first-order valence-electron chi connectivity index (χ1n) is 8.45. The third-order valence-corrected chi connectivity index (χ3v) is 6.22. The zero-order chi connectivity index (χ0) is 19.8. The van der Waals surface area contributed by atoms with Gasteiger partial charge in [-0.1, -0.05) is 17.7 Å². The molecule has 0 bridgehead atoms. The number of anilines is 2. The summed E-state index contributed by atoms with van der Waals surface area (Å²) < 4.78 is 27.3. The van der Waals surface area contributed by atoms with E-state index in [1.807, 2.05) is 6.92 Å². The second-order valence-corrected chi connectivity index (χ2v) is 8.07. The number of nitrogens with one attached hydrogen (secondary N) is 1. The van der Waals surface area contributed by atoms with E-state index in [-0.39, 0.29) is 40.6 Å². The molecule has 0 unspecified atom stereocenters. The molecular formula is C18H19N3O5S. The standard InChI is InChI=1S/C18H19N3O5S/c1-3-19-15-9-8-14-16(22)10-11-20(17(14)18(15)21(23)24)27(25,26)13-6-4-12(2)5-7-13/h4-9,19H,3,10-11H2,1-2H3. The summed E-state index contributed by atoms with van der Waals surface area (Å²) in [7, 11) is -4.05. The predicted octanol–water partition coefficient (Wildman–Crippen LogP) is 3.12. The minimum absolute atomic E-state index is 0.0246. The van der Waals surface area contributed by atoms with Gasteiger partial charge in [-0.3, -0.25) is 19.2 Å². The van der Waals surface area contributed by atoms with Crippen LogP contribution in [-0.2, 0) is 10.0 Å². The van der Waals surface area contributed by atoms with E-state index in [0.29, 0.717) is 6.54 Å². The summed E-state index contributed by atoms with van der Waals surface area (Å²) in [6, 6.07) is 9.13. The number of ketones is 1. The van der Waals surface area contributed by atoms with E-state index in [0.717, 1.165) is 9.87 Å². The predicted molar refractivity (Wildman–Crippen MR) is 102 cm³/mol. The van der Waals surface area contributed by atoms with Gasteiger partial charge in [0.05, 0.1) is 9.82 Å². The van der Waals surface area contributed by atoms with Gasteiger partial charge >= 0.3 is 5.69 Å². The Balaban J connectivity index is 2.26. The molecule has 0 spiro atoms. The van der Waals surface area contributed by atoms with Crippen molar-refractivity contribution in [2.75, 3.05) is 22.7 Å². The van der Waals surface area contributed by atoms with Gasteiger partial charge in [-0.15, -0.1) is 0 Å². The molecule has 0 amide bonds. The molecule has 0 atom stereocenters. The van der Waals surface area contributed by atoms with Gasteiger partial charge in [0, 0.05) is 25.1 Å². The molecule has 0 fully saturated rings. The highest BCUT2D eigenvalue weighted by Crippen LogP contribution is 2.43. The molecule has 0 aliphatic carbocycles. The number of carbonyl (C=O) groups is 1. The maximum Gasteiger partial charge on any atom is 0.317 e. The van der Waals surface area contributed by atoms with Crippen LogP contribution in [0.1, 0.15) is 29.3 Å². The van der Waals surface area contributed by atoms with Gasteiger partial charge < -0.3 is 5.32 Å². The average Bonchev–Trinajstić information content (AvgIpc) is 2.62. The van der Waals surface area contributed by atoms with Crippen molar-refractivity contribution >= 4 is 32.9 Å². The Morgan fingerprint density at radius 2 is 1.85 bits per heavy atom. The molecule has 1 heterocycles. The highest BCUT2D eigenvalue weighted by atomic mass is 32.2. The maximum atomic E-state index is 13.2. The summed E-state index contributed by atoms with van der Waals surface area (Å²) in [5, 5.41) is 14.6. The summed E-state index contributed by atoms with van der Waals surface area (Å²) in [6.07, 6.45) is -0.0319. The smallest absolute Gasteiger partial charge is 0.317 e. The van der Waals surface area contributed by atoms with Crippen LogP contribution < -0.4 is 9.62 Å². The lowest BCUT2D eigenvalue weighted by molar-refractivity contribution is -0.383. The van der Waals surface area contributed by atoms with Crippen LogP contribution in [0.25, 0.3) is 0 Å². The van der Waals surface area contributed by atoms with Crippen molar-refractivity contribution in [1.29, 1.82) is 0 Å². The lowest BCUT2D eigenvalue weighted by Crippen LogP contribution is -2.38. The van der Waals surface area contributed by atoms with E-state index in [4.69, 9.17) is 0 Å². The maximum absolute atomic E-state index is 13.2. The van der Waals surface area contributed by atoms with Crippen LogP contribution in [0.2, 0.25) is 0 Å². The number of fused-ring (bicyclic) bond motifs is 1. The van der Waals surface area contributed by atoms with Crippen molar-refractivity contribution in [2.24, 2.45) is 0 Å². The Bertz CT molecular complexity index is 1020. The Hall–Kier alpha value is -2.94. The molecular weight excluding hydrogens is 370 g/mol. The molecule has 1 aliphatic heterocycles. The number of hydrogen-bond acceptors (Lipinski definition) is 6. The number of carbonyl (C=O) groups excluding carboxylic acids is 1. The number of benzene rings is 2. The van der Waals surface area contributed by atoms with E-state index in [1.54, 1.807) is 19.1 Å². The van der Waals surface area contributed by atoms with Crippen LogP contribution in [0, 0.1) is 17.0 Å². The Labute approximate surface area is 157 Å². The largest absolute Gasteiger partial charge is 0.380 e. The third-order valence-electron chi connectivity index (χ3n) is 4.40. The summed E-state index contributed by atoms with van der Waals surface area (Å²) in [4.78, 5) is 23.5. The van der Waals surface area contributed by atoms with Crippen LogP contribution >= 0.6 is 0 Å². The fourth-order valence-electron chi connectivity index (χ4n) is 3.10. The van der Waals surface area contributed by atoms with Crippen molar-refractivity contribution in [3.63, 3.8) is 0 Å². The van der Waals surface area contributed by atoms with Crippen LogP contribution in [0.3, 0.4) is 0 Å². The van der Waals surface area contributed by atoms with Crippen LogP contribution in [-0.4, -0.2) is 32.2 Å². The van der Waals surface area contributed by atoms with Crippen molar-refractivity contribution in [1.82, 2.24) is 0 Å². The van der Waals surface area contributed by atoms with Crippen molar-refractivity contribution < 1.29 is 18.1 Å². The minimum Gasteiger partial charge on any atom is -0.380 e.